The lowest BCUT2D eigenvalue weighted by Crippen LogP contribution is -2.36. The third kappa shape index (κ3) is 3.40. The monoisotopic (exact) mass is 234 g/mol. The van der Waals surface area contributed by atoms with Crippen molar-refractivity contribution in [3.63, 3.8) is 0 Å². The summed E-state index contributed by atoms with van der Waals surface area (Å²) in [5, 5.41) is 11.4. The predicted molar refractivity (Wildman–Crippen MR) is 70.1 cm³/mol. The fourth-order valence-corrected chi connectivity index (χ4v) is 2.50. The van der Waals surface area contributed by atoms with Gasteiger partial charge in [-0.15, -0.1) is 5.10 Å². The van der Waals surface area contributed by atoms with Crippen LogP contribution in [-0.4, -0.2) is 41.8 Å². The first-order valence-corrected chi connectivity index (χ1v) is 6.54. The van der Waals surface area contributed by atoms with E-state index >= 15 is 0 Å². The lowest BCUT2D eigenvalue weighted by molar-refractivity contribution is 0.181. The SMILES string of the molecule is CCN1CCC[C@@H](Cc2ccc(NC)nn2)C1. The Morgan fingerprint density at radius 1 is 1.41 bits per heavy atom. The zero-order valence-electron chi connectivity index (χ0n) is 10.8. The maximum absolute atomic E-state index is 4.26. The van der Waals surface area contributed by atoms with Crippen molar-refractivity contribution < 1.29 is 0 Å². The molecule has 4 nitrogen and oxygen atoms in total. The van der Waals surface area contributed by atoms with Crippen LogP contribution in [0.2, 0.25) is 0 Å². The van der Waals surface area contributed by atoms with Crippen LogP contribution in [0.15, 0.2) is 12.1 Å². The predicted octanol–water partition coefficient (Wildman–Crippen LogP) is 1.79. The Hall–Kier alpha value is -1.16. The van der Waals surface area contributed by atoms with Crippen LogP contribution in [0.4, 0.5) is 5.82 Å². The molecule has 1 fully saturated rings. The molecule has 1 aliphatic heterocycles. The highest BCUT2D eigenvalue weighted by Crippen LogP contribution is 2.19. The molecule has 1 aromatic rings. The second-order valence-electron chi connectivity index (χ2n) is 4.77. The number of anilines is 1. The summed E-state index contributed by atoms with van der Waals surface area (Å²) in [6.45, 7) is 5.88. The number of likely N-dealkylation sites (tertiary alicyclic amines) is 1. The molecule has 0 unspecified atom stereocenters. The number of aromatic nitrogens is 2. The quantitative estimate of drug-likeness (QED) is 0.862. The second kappa shape index (κ2) is 5.96. The van der Waals surface area contributed by atoms with Crippen molar-refractivity contribution >= 4 is 5.82 Å². The average Bonchev–Trinajstić information content (AvgIpc) is 2.40. The molecule has 4 heteroatoms. The Balaban J connectivity index is 1.90. The first-order valence-electron chi connectivity index (χ1n) is 6.54. The first-order chi connectivity index (χ1) is 8.31. The summed E-state index contributed by atoms with van der Waals surface area (Å²) in [5.41, 5.74) is 1.12. The van der Waals surface area contributed by atoms with Gasteiger partial charge >= 0.3 is 0 Å². The molecule has 0 bridgehead atoms. The molecule has 0 saturated carbocycles. The van der Waals surface area contributed by atoms with Crippen molar-refractivity contribution in [2.24, 2.45) is 5.92 Å². The van der Waals surface area contributed by atoms with Crippen molar-refractivity contribution in [1.82, 2.24) is 15.1 Å². The summed E-state index contributed by atoms with van der Waals surface area (Å²) < 4.78 is 0. The number of nitrogens with zero attached hydrogens (tertiary/aromatic N) is 3. The van der Waals surface area contributed by atoms with Crippen LogP contribution >= 0.6 is 0 Å². The normalized spacial score (nSPS) is 21.4. The molecule has 0 aliphatic carbocycles. The number of hydrogen-bond acceptors (Lipinski definition) is 4. The van der Waals surface area contributed by atoms with Gasteiger partial charge in [0.15, 0.2) is 0 Å². The van der Waals surface area contributed by atoms with E-state index < -0.39 is 0 Å². The lowest BCUT2D eigenvalue weighted by atomic mass is 9.93. The van der Waals surface area contributed by atoms with Crippen LogP contribution in [0.3, 0.4) is 0 Å². The molecular weight excluding hydrogens is 212 g/mol. The van der Waals surface area contributed by atoms with Gasteiger partial charge in [-0.25, -0.2) is 0 Å². The van der Waals surface area contributed by atoms with Crippen molar-refractivity contribution in [2.75, 3.05) is 32.0 Å². The summed E-state index contributed by atoms with van der Waals surface area (Å²) in [4.78, 5) is 2.53. The smallest absolute Gasteiger partial charge is 0.148 e. The van der Waals surface area contributed by atoms with E-state index in [1.54, 1.807) is 0 Å². The van der Waals surface area contributed by atoms with E-state index in [-0.39, 0.29) is 0 Å². The van der Waals surface area contributed by atoms with Gasteiger partial charge < -0.3 is 10.2 Å². The van der Waals surface area contributed by atoms with E-state index in [1.807, 2.05) is 13.1 Å². The molecule has 1 saturated heterocycles. The van der Waals surface area contributed by atoms with Gasteiger partial charge in [0.1, 0.15) is 5.82 Å². The summed E-state index contributed by atoms with van der Waals surface area (Å²) in [7, 11) is 1.87. The minimum Gasteiger partial charge on any atom is -0.372 e. The van der Waals surface area contributed by atoms with Gasteiger partial charge in [0, 0.05) is 13.6 Å². The summed E-state index contributed by atoms with van der Waals surface area (Å²) in [5.74, 6) is 1.59. The highest BCUT2D eigenvalue weighted by molar-refractivity contribution is 5.31. The number of nitrogens with one attached hydrogen (secondary N) is 1. The second-order valence-corrected chi connectivity index (χ2v) is 4.77. The van der Waals surface area contributed by atoms with Gasteiger partial charge in [0.2, 0.25) is 0 Å². The summed E-state index contributed by atoms with van der Waals surface area (Å²) in [6.07, 6.45) is 3.71. The average molecular weight is 234 g/mol. The molecule has 1 aliphatic rings. The van der Waals surface area contributed by atoms with Gasteiger partial charge in [-0.3, -0.25) is 0 Å². The molecule has 0 spiro atoms. The molecule has 0 aromatic carbocycles. The van der Waals surface area contributed by atoms with Crippen molar-refractivity contribution in [1.29, 1.82) is 0 Å². The Bertz CT molecular complexity index is 336. The number of rotatable bonds is 4. The number of piperidine rings is 1. The zero-order valence-corrected chi connectivity index (χ0v) is 10.8. The zero-order chi connectivity index (χ0) is 12.1. The molecule has 0 amide bonds. The molecule has 2 heterocycles. The minimum absolute atomic E-state index is 0.749. The van der Waals surface area contributed by atoms with Crippen molar-refractivity contribution in [2.45, 2.75) is 26.2 Å². The molecule has 2 rings (SSSR count). The Kier molecular flexibility index (Phi) is 4.31. The maximum atomic E-state index is 4.26. The van der Waals surface area contributed by atoms with E-state index in [0.29, 0.717) is 0 Å². The van der Waals surface area contributed by atoms with Gasteiger partial charge in [-0.05, 0) is 50.4 Å². The van der Waals surface area contributed by atoms with E-state index in [1.165, 1.54) is 32.5 Å². The van der Waals surface area contributed by atoms with Gasteiger partial charge in [0.05, 0.1) is 5.69 Å². The standard InChI is InChI=1S/C13H22N4/c1-3-17-8-4-5-11(10-17)9-12-6-7-13(14-2)16-15-12/h6-7,11H,3-5,8-10H2,1-2H3,(H,14,16)/t11-/m0/s1. The van der Waals surface area contributed by atoms with Crippen LogP contribution < -0.4 is 5.32 Å². The maximum Gasteiger partial charge on any atom is 0.148 e. The Morgan fingerprint density at radius 2 is 2.29 bits per heavy atom. The molecule has 1 N–H and O–H groups in total. The van der Waals surface area contributed by atoms with Crippen LogP contribution in [0.5, 0.6) is 0 Å². The van der Waals surface area contributed by atoms with Gasteiger partial charge in [-0.2, -0.15) is 5.10 Å². The number of hydrogen-bond donors (Lipinski definition) is 1. The third-order valence-electron chi connectivity index (χ3n) is 3.52. The Labute approximate surface area is 103 Å². The van der Waals surface area contributed by atoms with E-state index in [9.17, 15) is 0 Å². The molecule has 0 radical (unpaired) electrons. The van der Waals surface area contributed by atoms with E-state index in [2.05, 4.69) is 33.4 Å². The van der Waals surface area contributed by atoms with Gasteiger partial charge in [0.25, 0.3) is 0 Å². The first kappa shape index (κ1) is 12.3. The van der Waals surface area contributed by atoms with Crippen LogP contribution in [-0.2, 0) is 6.42 Å². The fourth-order valence-electron chi connectivity index (χ4n) is 2.50. The summed E-state index contributed by atoms with van der Waals surface area (Å²) in [6, 6.07) is 4.09. The topological polar surface area (TPSA) is 41.0 Å². The summed E-state index contributed by atoms with van der Waals surface area (Å²) >= 11 is 0. The van der Waals surface area contributed by atoms with Crippen LogP contribution in [0, 0.1) is 5.92 Å². The van der Waals surface area contributed by atoms with Crippen molar-refractivity contribution in [3.05, 3.63) is 17.8 Å². The highest BCUT2D eigenvalue weighted by atomic mass is 15.2. The third-order valence-corrected chi connectivity index (χ3v) is 3.52. The van der Waals surface area contributed by atoms with Crippen LogP contribution in [0.1, 0.15) is 25.5 Å². The van der Waals surface area contributed by atoms with Crippen LogP contribution in [0.25, 0.3) is 0 Å². The minimum atomic E-state index is 0.749. The van der Waals surface area contributed by atoms with E-state index in [0.717, 1.165) is 23.9 Å². The fraction of sp³-hybridized carbons (Fsp3) is 0.692. The lowest BCUT2D eigenvalue weighted by Gasteiger charge is -2.31. The molecular formula is C13H22N4. The molecule has 17 heavy (non-hydrogen) atoms. The highest BCUT2D eigenvalue weighted by Gasteiger charge is 2.19. The molecule has 1 atom stereocenters. The van der Waals surface area contributed by atoms with E-state index in [4.69, 9.17) is 0 Å². The van der Waals surface area contributed by atoms with Crippen molar-refractivity contribution in [3.8, 4) is 0 Å². The molecule has 1 aromatic heterocycles. The largest absolute Gasteiger partial charge is 0.372 e. The molecule has 94 valence electrons. The Morgan fingerprint density at radius 3 is 2.94 bits per heavy atom. The van der Waals surface area contributed by atoms with Gasteiger partial charge in [-0.1, -0.05) is 6.92 Å².